The molecule has 0 radical (unpaired) electrons. The number of hydrogen-bond donors (Lipinski definition) is 3. The maximum absolute atomic E-state index is 13.0. The van der Waals surface area contributed by atoms with Gasteiger partial charge in [0.2, 0.25) is 0 Å². The number of nitrogens with zero attached hydrogens (tertiary/aromatic N) is 2. The first-order valence-electron chi connectivity index (χ1n) is 13.5. The minimum Gasteiger partial charge on any atom is -0.507 e. The van der Waals surface area contributed by atoms with Crippen molar-refractivity contribution >= 4 is 17.7 Å². The van der Waals surface area contributed by atoms with Crippen molar-refractivity contribution < 1.29 is 19.4 Å². The van der Waals surface area contributed by atoms with Gasteiger partial charge in [0, 0.05) is 43.5 Å². The third kappa shape index (κ3) is 6.06. The van der Waals surface area contributed by atoms with E-state index in [1.54, 1.807) is 32.6 Å². The molecule has 0 bridgehead atoms. The quantitative estimate of drug-likeness (QED) is 0.286. The Morgan fingerprint density at radius 1 is 1.23 bits per heavy atom. The van der Waals surface area contributed by atoms with Gasteiger partial charge in [0.15, 0.2) is 5.76 Å². The third-order valence-corrected chi connectivity index (χ3v) is 7.16. The van der Waals surface area contributed by atoms with Crippen LogP contribution in [0.2, 0.25) is 0 Å². The normalized spacial score (nSPS) is 16.9. The van der Waals surface area contributed by atoms with E-state index in [9.17, 15) is 9.90 Å². The van der Waals surface area contributed by atoms with Crippen LogP contribution in [0.25, 0.3) is 16.7 Å². The number of aliphatic imine (C=N–C) groups is 1. The highest BCUT2D eigenvalue weighted by Gasteiger charge is 2.27. The molecule has 2 aromatic rings. The van der Waals surface area contributed by atoms with Gasteiger partial charge < -0.3 is 29.8 Å². The number of amides is 1. The molecular weight excluding hydrogens is 504 g/mol. The second kappa shape index (κ2) is 13.1. The monoisotopic (exact) mass is 542 g/mol. The first-order chi connectivity index (χ1) is 19.4. The second-order valence-corrected chi connectivity index (χ2v) is 9.61. The van der Waals surface area contributed by atoms with Gasteiger partial charge in [0.05, 0.1) is 25.5 Å². The largest absolute Gasteiger partial charge is 0.507 e. The number of ether oxygens (including phenoxy) is 2. The van der Waals surface area contributed by atoms with Crippen molar-refractivity contribution in [2.45, 2.75) is 40.2 Å². The van der Waals surface area contributed by atoms with Crippen molar-refractivity contribution in [3.05, 3.63) is 94.5 Å². The van der Waals surface area contributed by atoms with Gasteiger partial charge >= 0.3 is 0 Å². The number of aromatic hydroxyl groups is 1. The summed E-state index contributed by atoms with van der Waals surface area (Å²) >= 11 is 0. The molecule has 0 atom stereocenters. The zero-order chi connectivity index (χ0) is 28.6. The predicted octanol–water partition coefficient (Wildman–Crippen LogP) is 5.54. The standard InChI is InChI=1S/C32H38N4O4/c1-6-26-23(18-25(40-5)20-39-4)13-17-36-22(3)30(21(2)31(26)36)24-11-12-28(37)27(19-24)32(38)35-16-15-34-29-10-8-7-9-14-33-29/h6-8,10-12,14,18-20,34,37H,9,13,15-17H2,1-5H3,(H,35,38)/b23-18-,25-20-,26-6+. The van der Waals surface area contributed by atoms with Crippen molar-refractivity contribution in [1.82, 2.24) is 15.2 Å². The molecule has 8 nitrogen and oxygen atoms in total. The zero-order valence-electron chi connectivity index (χ0n) is 23.9. The van der Waals surface area contributed by atoms with Crippen molar-refractivity contribution in [2.24, 2.45) is 4.99 Å². The first kappa shape index (κ1) is 28.5. The molecule has 1 amide bonds. The van der Waals surface area contributed by atoms with E-state index in [-0.39, 0.29) is 17.2 Å². The SMILES string of the molecule is C\C=C1/C(=C\C(=C\OC)OC)CCn2c(C)c(-c3ccc(O)c(C(=O)NCCNC4=CC=CCC=N4)c3)c(C)c21. The lowest BCUT2D eigenvalue weighted by atomic mass is 9.92. The predicted molar refractivity (Wildman–Crippen MR) is 160 cm³/mol. The topological polar surface area (TPSA) is 97.1 Å². The van der Waals surface area contributed by atoms with E-state index in [2.05, 4.69) is 40.1 Å². The number of allylic oxidation sites excluding steroid dienone is 7. The van der Waals surface area contributed by atoms with E-state index in [0.29, 0.717) is 18.8 Å². The van der Waals surface area contributed by atoms with Crippen molar-refractivity contribution in [3.63, 3.8) is 0 Å². The number of carbonyl (C=O) groups is 1. The Kier molecular flexibility index (Phi) is 9.32. The van der Waals surface area contributed by atoms with Gasteiger partial charge in [0.25, 0.3) is 5.91 Å². The summed E-state index contributed by atoms with van der Waals surface area (Å²) in [6.07, 6.45) is 15.1. The fourth-order valence-corrected chi connectivity index (χ4v) is 5.30. The Balaban J connectivity index is 1.58. The highest BCUT2D eigenvalue weighted by Crippen LogP contribution is 2.42. The van der Waals surface area contributed by atoms with Gasteiger partial charge in [-0.25, -0.2) is 4.99 Å². The van der Waals surface area contributed by atoms with Crippen LogP contribution >= 0.6 is 0 Å². The lowest BCUT2D eigenvalue weighted by Crippen LogP contribution is -2.31. The average molecular weight is 543 g/mol. The number of fused-ring (bicyclic) bond motifs is 1. The maximum Gasteiger partial charge on any atom is 0.255 e. The van der Waals surface area contributed by atoms with Crippen LogP contribution in [0.5, 0.6) is 5.75 Å². The number of phenols is 1. The van der Waals surface area contributed by atoms with Crippen LogP contribution in [-0.4, -0.2) is 49.1 Å². The molecule has 0 fully saturated rings. The molecule has 8 heteroatoms. The summed E-state index contributed by atoms with van der Waals surface area (Å²) < 4.78 is 13.0. The van der Waals surface area contributed by atoms with E-state index in [4.69, 9.17) is 9.47 Å². The number of methoxy groups -OCH3 is 2. The molecule has 0 unspecified atom stereocenters. The number of nitrogens with one attached hydrogen (secondary N) is 2. The Hall–Kier alpha value is -4.46. The molecule has 3 heterocycles. The molecule has 4 rings (SSSR count). The minimum absolute atomic E-state index is 0.0499. The molecule has 1 aromatic carbocycles. The fraction of sp³-hybridized carbons (Fsp3) is 0.312. The molecule has 3 N–H and O–H groups in total. The van der Waals surface area contributed by atoms with E-state index in [1.807, 2.05) is 43.5 Å². The number of rotatable bonds is 9. The Morgan fingerprint density at radius 2 is 2.05 bits per heavy atom. The highest BCUT2D eigenvalue weighted by molar-refractivity contribution is 5.98. The van der Waals surface area contributed by atoms with Crippen molar-refractivity contribution in [2.75, 3.05) is 27.3 Å². The molecule has 0 saturated carbocycles. The molecule has 2 aliphatic rings. The van der Waals surface area contributed by atoms with E-state index >= 15 is 0 Å². The summed E-state index contributed by atoms with van der Waals surface area (Å²) in [4.78, 5) is 17.4. The van der Waals surface area contributed by atoms with E-state index < -0.39 is 0 Å². The van der Waals surface area contributed by atoms with Crippen LogP contribution in [0.1, 0.15) is 47.1 Å². The van der Waals surface area contributed by atoms with Crippen LogP contribution in [0.15, 0.2) is 77.0 Å². The molecule has 0 saturated heterocycles. The van der Waals surface area contributed by atoms with Gasteiger partial charge in [-0.1, -0.05) is 24.3 Å². The molecule has 0 spiro atoms. The molecule has 40 heavy (non-hydrogen) atoms. The molecule has 0 aliphatic carbocycles. The maximum atomic E-state index is 13.0. The summed E-state index contributed by atoms with van der Waals surface area (Å²) in [5, 5.41) is 16.7. The van der Waals surface area contributed by atoms with Gasteiger partial charge in [-0.15, -0.1) is 0 Å². The van der Waals surface area contributed by atoms with Crippen molar-refractivity contribution in [1.29, 1.82) is 0 Å². The molecule has 2 aliphatic heterocycles. The lowest BCUT2D eigenvalue weighted by Gasteiger charge is -2.24. The summed E-state index contributed by atoms with van der Waals surface area (Å²) in [5.74, 6) is 1.04. The second-order valence-electron chi connectivity index (χ2n) is 9.61. The third-order valence-electron chi connectivity index (χ3n) is 7.16. The smallest absolute Gasteiger partial charge is 0.255 e. The van der Waals surface area contributed by atoms with Gasteiger partial charge in [-0.05, 0) is 73.7 Å². The Bertz CT molecular complexity index is 1450. The summed E-state index contributed by atoms with van der Waals surface area (Å²) in [6, 6.07) is 5.24. The zero-order valence-corrected chi connectivity index (χ0v) is 23.9. The van der Waals surface area contributed by atoms with E-state index in [0.717, 1.165) is 58.9 Å². The average Bonchev–Trinajstić information content (AvgIpc) is 3.10. The van der Waals surface area contributed by atoms with Crippen LogP contribution < -0.4 is 10.6 Å². The highest BCUT2D eigenvalue weighted by atomic mass is 16.5. The summed E-state index contributed by atoms with van der Waals surface area (Å²) in [7, 11) is 3.24. The van der Waals surface area contributed by atoms with Gasteiger partial charge in [-0.3, -0.25) is 4.79 Å². The van der Waals surface area contributed by atoms with Crippen molar-refractivity contribution in [3.8, 4) is 16.9 Å². The number of phenolic OH excluding ortho intramolecular Hbond substituents is 1. The van der Waals surface area contributed by atoms with Crippen LogP contribution in [-0.2, 0) is 16.0 Å². The molecule has 1 aromatic heterocycles. The first-order valence-corrected chi connectivity index (χ1v) is 13.5. The van der Waals surface area contributed by atoms with Crippen LogP contribution in [0.3, 0.4) is 0 Å². The van der Waals surface area contributed by atoms with Crippen LogP contribution in [0.4, 0.5) is 0 Å². The van der Waals surface area contributed by atoms with Gasteiger partial charge in [0.1, 0.15) is 17.8 Å². The van der Waals surface area contributed by atoms with E-state index in [1.165, 1.54) is 5.57 Å². The minimum atomic E-state index is -0.324. The molecule has 210 valence electrons. The number of hydrogen-bond acceptors (Lipinski definition) is 6. The fourth-order valence-electron chi connectivity index (χ4n) is 5.30. The summed E-state index contributed by atoms with van der Waals surface area (Å²) in [5.41, 5.74) is 7.92. The Morgan fingerprint density at radius 3 is 2.80 bits per heavy atom. The summed E-state index contributed by atoms with van der Waals surface area (Å²) in [6.45, 7) is 7.99. The number of carbonyl (C=O) groups excluding carboxylic acids is 1. The number of benzene rings is 1. The molecular formula is C32H38N4O4. The Labute approximate surface area is 236 Å². The number of aromatic nitrogens is 1. The lowest BCUT2D eigenvalue weighted by molar-refractivity contribution is 0.0951. The van der Waals surface area contributed by atoms with Crippen LogP contribution in [0, 0.1) is 13.8 Å². The van der Waals surface area contributed by atoms with Gasteiger partial charge in [-0.2, -0.15) is 0 Å².